The molecule has 1 aromatic carbocycles. The van der Waals surface area contributed by atoms with Gasteiger partial charge in [0.15, 0.2) is 5.69 Å². The van der Waals surface area contributed by atoms with Crippen molar-refractivity contribution in [3.05, 3.63) is 45.8 Å². The van der Waals surface area contributed by atoms with Gasteiger partial charge in [-0.1, -0.05) is 5.16 Å². The lowest BCUT2D eigenvalue weighted by Crippen LogP contribution is -2.07. The molecule has 2 rings (SSSR count). The maximum atomic E-state index is 12.8. The SMILES string of the molecule is CCOC(=O)c1nocc1-c1cc(C(F)F)ccc1[N+](=O)[O-]. The number of nitro benzene ring substituents is 1. The summed E-state index contributed by atoms with van der Waals surface area (Å²) in [4.78, 5) is 22.0. The normalized spacial score (nSPS) is 10.7. The van der Waals surface area contributed by atoms with Crippen molar-refractivity contribution in [3.63, 3.8) is 0 Å². The maximum absolute atomic E-state index is 12.8. The zero-order valence-electron chi connectivity index (χ0n) is 11.3. The number of hydrogen-bond acceptors (Lipinski definition) is 6. The summed E-state index contributed by atoms with van der Waals surface area (Å²) >= 11 is 0. The molecule has 0 amide bonds. The number of carbonyl (C=O) groups is 1. The molecule has 0 aliphatic heterocycles. The second-order valence-electron chi connectivity index (χ2n) is 4.13. The number of nitro groups is 1. The molecule has 1 aromatic heterocycles. The molecule has 9 heteroatoms. The fourth-order valence-corrected chi connectivity index (χ4v) is 1.84. The van der Waals surface area contributed by atoms with Crippen LogP contribution in [0.3, 0.4) is 0 Å². The maximum Gasteiger partial charge on any atom is 0.361 e. The van der Waals surface area contributed by atoms with E-state index in [1.54, 1.807) is 6.92 Å². The molecule has 7 nitrogen and oxygen atoms in total. The summed E-state index contributed by atoms with van der Waals surface area (Å²) in [5.41, 5.74) is -1.44. The van der Waals surface area contributed by atoms with Gasteiger partial charge >= 0.3 is 5.97 Å². The van der Waals surface area contributed by atoms with Crippen LogP contribution in [0.2, 0.25) is 0 Å². The van der Waals surface area contributed by atoms with Crippen LogP contribution in [0.5, 0.6) is 0 Å². The molecule has 0 N–H and O–H groups in total. The molecule has 2 aromatic rings. The highest BCUT2D eigenvalue weighted by Gasteiger charge is 2.26. The Bertz CT molecular complexity index is 714. The van der Waals surface area contributed by atoms with E-state index >= 15 is 0 Å². The van der Waals surface area contributed by atoms with Gasteiger partial charge in [0.1, 0.15) is 6.26 Å². The molecule has 0 fully saturated rings. The molecule has 0 aliphatic rings. The Hall–Kier alpha value is -2.84. The highest BCUT2D eigenvalue weighted by molar-refractivity contribution is 5.96. The van der Waals surface area contributed by atoms with Gasteiger partial charge in [0, 0.05) is 11.6 Å². The van der Waals surface area contributed by atoms with Gasteiger partial charge in [-0.25, -0.2) is 13.6 Å². The van der Waals surface area contributed by atoms with E-state index in [1.807, 2.05) is 0 Å². The molecule has 0 bridgehead atoms. The van der Waals surface area contributed by atoms with Gasteiger partial charge in [-0.05, 0) is 19.1 Å². The number of alkyl halides is 2. The molecule has 0 unspecified atom stereocenters. The topological polar surface area (TPSA) is 95.5 Å². The van der Waals surface area contributed by atoms with Crippen molar-refractivity contribution in [2.75, 3.05) is 6.61 Å². The van der Waals surface area contributed by atoms with Crippen molar-refractivity contribution >= 4 is 11.7 Å². The van der Waals surface area contributed by atoms with Crippen LogP contribution in [-0.4, -0.2) is 22.7 Å². The number of esters is 1. The first-order valence-corrected chi connectivity index (χ1v) is 6.14. The average molecular weight is 312 g/mol. The van der Waals surface area contributed by atoms with Crippen molar-refractivity contribution < 1.29 is 27.8 Å². The average Bonchev–Trinajstić information content (AvgIpc) is 2.96. The summed E-state index contributed by atoms with van der Waals surface area (Å²) in [6, 6.07) is 2.82. The van der Waals surface area contributed by atoms with Gasteiger partial charge < -0.3 is 9.26 Å². The van der Waals surface area contributed by atoms with E-state index in [0.717, 1.165) is 24.5 Å². The third-order valence-electron chi connectivity index (χ3n) is 2.80. The fourth-order valence-electron chi connectivity index (χ4n) is 1.84. The first-order valence-electron chi connectivity index (χ1n) is 6.14. The molecule has 22 heavy (non-hydrogen) atoms. The minimum atomic E-state index is -2.81. The predicted octanol–water partition coefficient (Wildman–Crippen LogP) is 3.36. The minimum absolute atomic E-state index is 0.0598. The van der Waals surface area contributed by atoms with Gasteiger partial charge in [0.25, 0.3) is 12.1 Å². The van der Waals surface area contributed by atoms with E-state index in [4.69, 9.17) is 4.74 Å². The number of carbonyl (C=O) groups excluding carboxylic acids is 1. The number of nitrogens with zero attached hydrogens (tertiary/aromatic N) is 2. The third kappa shape index (κ3) is 2.92. The number of hydrogen-bond donors (Lipinski definition) is 0. The summed E-state index contributed by atoms with van der Waals surface area (Å²) < 4.78 is 35.0. The van der Waals surface area contributed by atoms with E-state index in [0.29, 0.717) is 0 Å². The lowest BCUT2D eigenvalue weighted by molar-refractivity contribution is -0.384. The Morgan fingerprint density at radius 2 is 2.18 bits per heavy atom. The summed E-state index contributed by atoms with van der Waals surface area (Å²) in [5.74, 6) is -0.858. The van der Waals surface area contributed by atoms with Crippen LogP contribution in [0.4, 0.5) is 14.5 Å². The molecule has 0 aliphatic carbocycles. The van der Waals surface area contributed by atoms with Crippen LogP contribution in [0.1, 0.15) is 29.4 Å². The van der Waals surface area contributed by atoms with Gasteiger partial charge in [-0.2, -0.15) is 0 Å². The molecular formula is C13H10F2N2O5. The minimum Gasteiger partial charge on any atom is -0.461 e. The van der Waals surface area contributed by atoms with Crippen LogP contribution in [0.15, 0.2) is 29.0 Å². The van der Waals surface area contributed by atoms with Crippen LogP contribution in [0, 0.1) is 10.1 Å². The summed E-state index contributed by atoms with van der Waals surface area (Å²) in [5, 5.41) is 14.5. The van der Waals surface area contributed by atoms with Crippen molar-refractivity contribution in [1.29, 1.82) is 0 Å². The Kier molecular flexibility index (Phi) is 4.44. The van der Waals surface area contributed by atoms with Gasteiger partial charge in [-0.15, -0.1) is 0 Å². The monoisotopic (exact) mass is 312 g/mol. The molecule has 1 heterocycles. The first kappa shape index (κ1) is 15.5. The largest absolute Gasteiger partial charge is 0.461 e. The van der Waals surface area contributed by atoms with E-state index in [9.17, 15) is 23.7 Å². The summed E-state index contributed by atoms with van der Waals surface area (Å²) in [6.45, 7) is 1.63. The summed E-state index contributed by atoms with van der Waals surface area (Å²) in [6.07, 6.45) is -1.84. The lowest BCUT2D eigenvalue weighted by Gasteiger charge is -2.06. The molecule has 0 spiro atoms. The Balaban J connectivity index is 2.60. The van der Waals surface area contributed by atoms with E-state index in [1.165, 1.54) is 0 Å². The number of halogens is 2. The van der Waals surface area contributed by atoms with Gasteiger partial charge in [0.05, 0.1) is 22.7 Å². The molecule has 0 saturated carbocycles. The zero-order chi connectivity index (χ0) is 16.3. The van der Waals surface area contributed by atoms with Crippen LogP contribution >= 0.6 is 0 Å². The highest BCUT2D eigenvalue weighted by atomic mass is 19.3. The Morgan fingerprint density at radius 3 is 2.77 bits per heavy atom. The molecule has 0 radical (unpaired) electrons. The third-order valence-corrected chi connectivity index (χ3v) is 2.80. The number of ether oxygens (including phenoxy) is 1. The zero-order valence-corrected chi connectivity index (χ0v) is 11.3. The van der Waals surface area contributed by atoms with Crippen molar-refractivity contribution in [2.24, 2.45) is 0 Å². The van der Waals surface area contributed by atoms with Crippen LogP contribution < -0.4 is 0 Å². The second-order valence-corrected chi connectivity index (χ2v) is 4.13. The standard InChI is InChI=1S/C13H10F2N2O5/c1-2-21-13(18)11-9(6-22-16-11)8-5-7(12(14)15)3-4-10(8)17(19)20/h3-6,12H,2H2,1H3. The Labute approximate surface area is 122 Å². The first-order chi connectivity index (χ1) is 10.5. The quantitative estimate of drug-likeness (QED) is 0.477. The number of benzene rings is 1. The molecular weight excluding hydrogens is 302 g/mol. The molecule has 0 atom stereocenters. The van der Waals surface area contributed by atoms with Crippen molar-refractivity contribution in [3.8, 4) is 11.1 Å². The molecule has 0 saturated heterocycles. The Morgan fingerprint density at radius 1 is 1.45 bits per heavy atom. The number of rotatable bonds is 5. The fraction of sp³-hybridized carbons (Fsp3) is 0.231. The van der Waals surface area contributed by atoms with Crippen LogP contribution in [0.25, 0.3) is 11.1 Å². The number of aromatic nitrogens is 1. The smallest absolute Gasteiger partial charge is 0.361 e. The van der Waals surface area contributed by atoms with Gasteiger partial charge in [-0.3, -0.25) is 10.1 Å². The molecule has 116 valence electrons. The highest BCUT2D eigenvalue weighted by Crippen LogP contribution is 2.35. The van der Waals surface area contributed by atoms with E-state index < -0.39 is 28.6 Å². The van der Waals surface area contributed by atoms with Crippen molar-refractivity contribution in [2.45, 2.75) is 13.3 Å². The van der Waals surface area contributed by atoms with Gasteiger partial charge in [0.2, 0.25) is 0 Å². The van der Waals surface area contributed by atoms with E-state index in [2.05, 4.69) is 9.68 Å². The lowest BCUT2D eigenvalue weighted by atomic mass is 10.0. The predicted molar refractivity (Wildman–Crippen MR) is 69.5 cm³/mol. The van der Waals surface area contributed by atoms with Crippen molar-refractivity contribution in [1.82, 2.24) is 5.16 Å². The summed E-state index contributed by atoms with van der Waals surface area (Å²) in [7, 11) is 0. The van der Waals surface area contributed by atoms with E-state index in [-0.39, 0.29) is 23.4 Å². The van der Waals surface area contributed by atoms with Crippen LogP contribution in [-0.2, 0) is 4.74 Å². The second kappa shape index (κ2) is 6.29.